The Morgan fingerprint density at radius 1 is 1.42 bits per heavy atom. The first kappa shape index (κ1) is 16.4. The molecule has 7 nitrogen and oxygen atoms in total. The number of carbonyl (C=O) groups excluding carboxylic acids is 1. The average Bonchev–Trinajstić information content (AvgIpc) is 3.08. The van der Waals surface area contributed by atoms with Gasteiger partial charge >= 0.3 is 0 Å². The van der Waals surface area contributed by atoms with Gasteiger partial charge in [-0.25, -0.2) is 0 Å². The molecular weight excluding hydrogens is 308 g/mol. The van der Waals surface area contributed by atoms with E-state index in [4.69, 9.17) is 9.26 Å². The van der Waals surface area contributed by atoms with Gasteiger partial charge in [0, 0.05) is 37.7 Å². The van der Waals surface area contributed by atoms with E-state index in [-0.39, 0.29) is 18.6 Å². The lowest BCUT2D eigenvalue weighted by Crippen LogP contribution is -2.52. The molecule has 0 radical (unpaired) electrons. The van der Waals surface area contributed by atoms with Crippen molar-refractivity contribution in [2.24, 2.45) is 0 Å². The maximum absolute atomic E-state index is 12.6. The number of benzene rings is 1. The molecule has 1 aliphatic rings. The fraction of sp³-hybridized carbons (Fsp3) is 0.471. The lowest BCUT2D eigenvalue weighted by atomic mass is 10.1. The molecule has 1 amide bonds. The predicted octanol–water partition coefficient (Wildman–Crippen LogP) is 1.64. The van der Waals surface area contributed by atoms with Crippen LogP contribution in [0.2, 0.25) is 0 Å². The molecule has 7 heteroatoms. The second-order valence-electron chi connectivity index (χ2n) is 5.82. The van der Waals surface area contributed by atoms with Gasteiger partial charge in [0.2, 0.25) is 11.7 Å². The summed E-state index contributed by atoms with van der Waals surface area (Å²) in [6.07, 6.45) is 0.703. The van der Waals surface area contributed by atoms with E-state index in [9.17, 15) is 4.79 Å². The van der Waals surface area contributed by atoms with Gasteiger partial charge in [-0.05, 0) is 31.2 Å². The number of ether oxygens (including phenoxy) is 1. The van der Waals surface area contributed by atoms with E-state index in [0.29, 0.717) is 29.4 Å². The van der Waals surface area contributed by atoms with Gasteiger partial charge < -0.3 is 19.5 Å². The summed E-state index contributed by atoms with van der Waals surface area (Å²) in [5.74, 6) is 1.84. The van der Waals surface area contributed by atoms with Crippen LogP contribution >= 0.6 is 0 Å². The van der Waals surface area contributed by atoms with E-state index < -0.39 is 0 Å². The Hall–Kier alpha value is -2.41. The van der Waals surface area contributed by atoms with E-state index in [1.165, 1.54) is 0 Å². The minimum absolute atomic E-state index is 0.0568. The summed E-state index contributed by atoms with van der Waals surface area (Å²) in [6.45, 7) is 6.64. The first-order chi connectivity index (χ1) is 11.7. The van der Waals surface area contributed by atoms with Crippen molar-refractivity contribution in [3.05, 3.63) is 41.5 Å². The Morgan fingerprint density at radius 2 is 2.21 bits per heavy atom. The summed E-state index contributed by atoms with van der Waals surface area (Å²) in [4.78, 5) is 18.7. The highest BCUT2D eigenvalue weighted by atomic mass is 16.5. The van der Waals surface area contributed by atoms with E-state index >= 15 is 0 Å². The van der Waals surface area contributed by atoms with Crippen LogP contribution < -0.4 is 10.1 Å². The summed E-state index contributed by atoms with van der Waals surface area (Å²) in [5.41, 5.74) is 0.670. The van der Waals surface area contributed by atoms with Gasteiger partial charge in [0.1, 0.15) is 5.75 Å². The lowest BCUT2D eigenvalue weighted by molar-refractivity contribution is 0.0655. The maximum atomic E-state index is 12.6. The standard InChI is InChI=1S/C17H22N4O3/c1-3-16-19-15(20-24-16)11-23-14-6-4-13(5-7-14)17(22)21-9-8-18-10-12(21)2/h4-7,12,18H,3,8-11H2,1-2H3. The third kappa shape index (κ3) is 3.73. The number of nitrogens with zero attached hydrogens (tertiary/aromatic N) is 3. The highest BCUT2D eigenvalue weighted by molar-refractivity contribution is 5.94. The van der Waals surface area contributed by atoms with Crippen LogP contribution in [0.3, 0.4) is 0 Å². The van der Waals surface area contributed by atoms with Crippen LogP contribution in [-0.4, -0.2) is 46.6 Å². The number of hydrogen-bond donors (Lipinski definition) is 1. The molecule has 0 aliphatic carbocycles. The first-order valence-electron chi connectivity index (χ1n) is 8.23. The number of carbonyl (C=O) groups is 1. The average molecular weight is 330 g/mol. The molecule has 1 saturated heterocycles. The van der Waals surface area contributed by atoms with E-state index in [1.807, 2.05) is 11.8 Å². The summed E-state index contributed by atoms with van der Waals surface area (Å²) in [6, 6.07) is 7.37. The number of piperazine rings is 1. The molecule has 1 aromatic heterocycles. The topological polar surface area (TPSA) is 80.5 Å². The molecule has 1 aliphatic heterocycles. The highest BCUT2D eigenvalue weighted by Gasteiger charge is 2.23. The second-order valence-corrected chi connectivity index (χ2v) is 5.82. The van der Waals surface area contributed by atoms with Gasteiger partial charge in [-0.15, -0.1) is 0 Å². The molecular formula is C17H22N4O3. The summed E-state index contributed by atoms with van der Waals surface area (Å²) in [7, 11) is 0. The van der Waals surface area contributed by atoms with Crippen LogP contribution in [0.4, 0.5) is 0 Å². The zero-order chi connectivity index (χ0) is 16.9. The van der Waals surface area contributed by atoms with Gasteiger partial charge in [0.15, 0.2) is 6.61 Å². The van der Waals surface area contributed by atoms with Crippen LogP contribution in [0, 0.1) is 0 Å². The van der Waals surface area contributed by atoms with E-state index in [1.54, 1.807) is 24.3 Å². The van der Waals surface area contributed by atoms with Crippen molar-refractivity contribution in [3.63, 3.8) is 0 Å². The highest BCUT2D eigenvalue weighted by Crippen LogP contribution is 2.16. The SMILES string of the molecule is CCc1nc(COc2ccc(C(=O)N3CCNCC3C)cc2)no1. The van der Waals surface area contributed by atoms with Crippen molar-refractivity contribution in [1.29, 1.82) is 0 Å². The normalized spacial score (nSPS) is 17.8. The van der Waals surface area contributed by atoms with Crippen molar-refractivity contribution in [1.82, 2.24) is 20.4 Å². The molecule has 2 aromatic rings. The van der Waals surface area contributed by atoms with Crippen LogP contribution in [-0.2, 0) is 13.0 Å². The molecule has 1 unspecified atom stereocenters. The Labute approximate surface area is 141 Å². The zero-order valence-corrected chi connectivity index (χ0v) is 14.0. The Bertz CT molecular complexity index is 683. The Kier molecular flexibility index (Phi) is 5.10. The minimum atomic E-state index is 0.0568. The van der Waals surface area contributed by atoms with Gasteiger partial charge in [0.05, 0.1) is 0 Å². The van der Waals surface area contributed by atoms with Gasteiger partial charge in [-0.3, -0.25) is 4.79 Å². The molecule has 1 fully saturated rings. The molecule has 2 heterocycles. The summed E-state index contributed by atoms with van der Waals surface area (Å²) in [5, 5.41) is 7.12. The largest absolute Gasteiger partial charge is 0.485 e. The lowest BCUT2D eigenvalue weighted by Gasteiger charge is -2.34. The van der Waals surface area contributed by atoms with Gasteiger partial charge in [-0.2, -0.15) is 4.98 Å². The molecule has 1 N–H and O–H groups in total. The third-order valence-corrected chi connectivity index (χ3v) is 4.04. The predicted molar refractivity (Wildman–Crippen MR) is 87.8 cm³/mol. The third-order valence-electron chi connectivity index (χ3n) is 4.04. The van der Waals surface area contributed by atoms with Crippen molar-refractivity contribution in [2.75, 3.05) is 19.6 Å². The Balaban J connectivity index is 1.59. The molecule has 3 rings (SSSR count). The van der Waals surface area contributed by atoms with Crippen molar-refractivity contribution in [2.45, 2.75) is 32.9 Å². The second kappa shape index (κ2) is 7.44. The fourth-order valence-electron chi connectivity index (χ4n) is 2.64. The molecule has 1 atom stereocenters. The number of hydrogen-bond acceptors (Lipinski definition) is 6. The number of aryl methyl sites for hydroxylation is 1. The van der Waals surface area contributed by atoms with Crippen molar-refractivity contribution < 1.29 is 14.1 Å². The van der Waals surface area contributed by atoms with E-state index in [0.717, 1.165) is 19.6 Å². The number of nitrogens with one attached hydrogen (secondary N) is 1. The molecule has 0 saturated carbocycles. The summed E-state index contributed by atoms with van der Waals surface area (Å²) < 4.78 is 10.7. The maximum Gasteiger partial charge on any atom is 0.254 e. The number of aromatic nitrogens is 2. The molecule has 1 aromatic carbocycles. The molecule has 24 heavy (non-hydrogen) atoms. The number of amides is 1. The Morgan fingerprint density at radius 3 is 2.88 bits per heavy atom. The fourth-order valence-corrected chi connectivity index (χ4v) is 2.64. The molecule has 0 spiro atoms. The first-order valence-corrected chi connectivity index (χ1v) is 8.23. The smallest absolute Gasteiger partial charge is 0.254 e. The van der Waals surface area contributed by atoms with Crippen molar-refractivity contribution in [3.8, 4) is 5.75 Å². The van der Waals surface area contributed by atoms with Crippen LogP contribution in [0.1, 0.15) is 35.9 Å². The van der Waals surface area contributed by atoms with Crippen LogP contribution in [0.15, 0.2) is 28.8 Å². The van der Waals surface area contributed by atoms with Crippen LogP contribution in [0.25, 0.3) is 0 Å². The quantitative estimate of drug-likeness (QED) is 0.898. The van der Waals surface area contributed by atoms with Crippen LogP contribution in [0.5, 0.6) is 5.75 Å². The molecule has 0 bridgehead atoms. The monoisotopic (exact) mass is 330 g/mol. The van der Waals surface area contributed by atoms with Crippen molar-refractivity contribution >= 4 is 5.91 Å². The van der Waals surface area contributed by atoms with E-state index in [2.05, 4.69) is 22.4 Å². The number of rotatable bonds is 5. The summed E-state index contributed by atoms with van der Waals surface area (Å²) >= 11 is 0. The van der Waals surface area contributed by atoms with Gasteiger partial charge in [-0.1, -0.05) is 12.1 Å². The molecule has 128 valence electrons. The van der Waals surface area contributed by atoms with Gasteiger partial charge in [0.25, 0.3) is 5.91 Å². The minimum Gasteiger partial charge on any atom is -0.485 e. The zero-order valence-electron chi connectivity index (χ0n) is 14.0.